The summed E-state index contributed by atoms with van der Waals surface area (Å²) in [6.45, 7) is 3.80. The molecule has 1 aromatic heterocycles. The van der Waals surface area contributed by atoms with Gasteiger partial charge >= 0.3 is 0 Å². The molecular formula is C13H16N2. The van der Waals surface area contributed by atoms with Gasteiger partial charge in [0.2, 0.25) is 0 Å². The fourth-order valence-corrected chi connectivity index (χ4v) is 2.69. The second kappa shape index (κ2) is 3.78. The molecule has 15 heavy (non-hydrogen) atoms. The molecule has 3 aliphatic heterocycles. The Labute approximate surface area is 90.6 Å². The van der Waals surface area contributed by atoms with Crippen LogP contribution in [0, 0.1) is 5.92 Å². The van der Waals surface area contributed by atoms with Crippen LogP contribution in [0.1, 0.15) is 18.4 Å². The van der Waals surface area contributed by atoms with E-state index in [-0.39, 0.29) is 0 Å². The minimum Gasteiger partial charge on any atom is -0.299 e. The molecule has 0 N–H and O–H groups in total. The molecule has 4 heterocycles. The number of aromatic nitrogens is 1. The second-order valence-corrected chi connectivity index (χ2v) is 4.55. The van der Waals surface area contributed by atoms with Crippen LogP contribution in [0.15, 0.2) is 30.1 Å². The number of hydrogen-bond acceptors (Lipinski definition) is 2. The van der Waals surface area contributed by atoms with Crippen LogP contribution in [-0.4, -0.2) is 29.5 Å². The van der Waals surface area contributed by atoms with Gasteiger partial charge < -0.3 is 0 Å². The summed E-state index contributed by atoms with van der Waals surface area (Å²) in [5.74, 6) is 0.850. The molecule has 0 aromatic carbocycles. The summed E-state index contributed by atoms with van der Waals surface area (Å²) < 4.78 is 0. The van der Waals surface area contributed by atoms with Crippen molar-refractivity contribution >= 4 is 6.08 Å². The van der Waals surface area contributed by atoms with E-state index in [1.165, 1.54) is 38.0 Å². The minimum absolute atomic E-state index is 0.850. The van der Waals surface area contributed by atoms with Gasteiger partial charge in [0.15, 0.2) is 0 Å². The van der Waals surface area contributed by atoms with Gasteiger partial charge in [-0.15, -0.1) is 0 Å². The Morgan fingerprint density at radius 2 is 1.93 bits per heavy atom. The zero-order valence-corrected chi connectivity index (χ0v) is 8.89. The summed E-state index contributed by atoms with van der Waals surface area (Å²) in [6, 6.07) is 4.18. The zero-order valence-electron chi connectivity index (χ0n) is 8.89. The molecule has 1 aromatic rings. The highest BCUT2D eigenvalue weighted by Crippen LogP contribution is 2.32. The summed E-state index contributed by atoms with van der Waals surface area (Å²) in [5.41, 5.74) is 2.92. The van der Waals surface area contributed by atoms with Crippen molar-refractivity contribution in [3.8, 4) is 0 Å². The monoisotopic (exact) mass is 200 g/mol. The van der Waals surface area contributed by atoms with E-state index in [2.05, 4.69) is 28.1 Å². The van der Waals surface area contributed by atoms with Crippen LogP contribution in [0.3, 0.4) is 0 Å². The van der Waals surface area contributed by atoms with Crippen LogP contribution in [0.25, 0.3) is 6.08 Å². The quantitative estimate of drug-likeness (QED) is 0.691. The first-order chi connectivity index (χ1) is 7.42. The Morgan fingerprint density at radius 3 is 2.53 bits per heavy atom. The van der Waals surface area contributed by atoms with Crippen molar-refractivity contribution in [2.75, 3.05) is 19.6 Å². The maximum atomic E-state index is 4.05. The summed E-state index contributed by atoms with van der Waals surface area (Å²) >= 11 is 0. The number of fused-ring (bicyclic) bond motifs is 3. The molecule has 3 fully saturated rings. The lowest BCUT2D eigenvalue weighted by Crippen LogP contribution is -2.42. The molecule has 4 rings (SSSR count). The third-order valence-electron chi connectivity index (χ3n) is 3.58. The van der Waals surface area contributed by atoms with Gasteiger partial charge in [-0.2, -0.15) is 0 Å². The first-order valence-electron chi connectivity index (χ1n) is 5.75. The van der Waals surface area contributed by atoms with E-state index >= 15 is 0 Å². The zero-order chi connectivity index (χ0) is 10.1. The Morgan fingerprint density at radius 1 is 1.20 bits per heavy atom. The predicted octanol–water partition coefficient (Wildman–Crippen LogP) is 2.19. The summed E-state index contributed by atoms with van der Waals surface area (Å²) in [7, 11) is 0. The van der Waals surface area contributed by atoms with Crippen molar-refractivity contribution in [3.63, 3.8) is 0 Å². The lowest BCUT2D eigenvalue weighted by molar-refractivity contribution is 0.163. The largest absolute Gasteiger partial charge is 0.299 e. The van der Waals surface area contributed by atoms with E-state index in [9.17, 15) is 0 Å². The van der Waals surface area contributed by atoms with Crippen molar-refractivity contribution < 1.29 is 0 Å². The average molecular weight is 200 g/mol. The van der Waals surface area contributed by atoms with Crippen molar-refractivity contribution in [1.29, 1.82) is 0 Å². The molecule has 0 atom stereocenters. The first kappa shape index (κ1) is 9.10. The summed E-state index contributed by atoms with van der Waals surface area (Å²) in [5, 5.41) is 0. The predicted molar refractivity (Wildman–Crippen MR) is 61.4 cm³/mol. The molecule has 0 saturated carbocycles. The van der Waals surface area contributed by atoms with Crippen molar-refractivity contribution in [1.82, 2.24) is 9.88 Å². The van der Waals surface area contributed by atoms with Crippen molar-refractivity contribution in [2.24, 2.45) is 5.92 Å². The van der Waals surface area contributed by atoms with Gasteiger partial charge in [0.25, 0.3) is 0 Å². The minimum atomic E-state index is 0.850. The van der Waals surface area contributed by atoms with E-state index in [1.807, 2.05) is 12.4 Å². The smallest absolute Gasteiger partial charge is 0.0273 e. The molecule has 78 valence electrons. The van der Waals surface area contributed by atoms with E-state index in [4.69, 9.17) is 0 Å². The molecule has 0 amide bonds. The SMILES string of the molecule is C(=C1\CN2CCC1CC2)/c1ccncc1. The molecule has 3 saturated heterocycles. The van der Waals surface area contributed by atoms with Crippen LogP contribution in [0.4, 0.5) is 0 Å². The number of rotatable bonds is 1. The standard InChI is InChI=1S/C13H16N2/c1-5-14-6-2-11(1)9-13-10-15-7-3-12(13)4-8-15/h1-2,5-6,9,12H,3-4,7-8,10H2/b13-9-. The van der Waals surface area contributed by atoms with Crippen LogP contribution >= 0.6 is 0 Å². The van der Waals surface area contributed by atoms with Gasteiger partial charge in [-0.05, 0) is 49.5 Å². The third kappa shape index (κ3) is 1.82. The molecule has 0 radical (unpaired) electrons. The highest BCUT2D eigenvalue weighted by atomic mass is 15.1. The Bertz CT molecular complexity index is 361. The maximum Gasteiger partial charge on any atom is 0.0273 e. The van der Waals surface area contributed by atoms with Crippen molar-refractivity contribution in [2.45, 2.75) is 12.8 Å². The van der Waals surface area contributed by atoms with Gasteiger partial charge in [0.1, 0.15) is 0 Å². The molecule has 3 aliphatic rings. The van der Waals surface area contributed by atoms with E-state index in [0.717, 1.165) is 5.92 Å². The molecular weight excluding hydrogens is 184 g/mol. The van der Waals surface area contributed by atoms with E-state index in [1.54, 1.807) is 5.57 Å². The summed E-state index contributed by atoms with van der Waals surface area (Å²) in [4.78, 5) is 6.61. The summed E-state index contributed by atoms with van der Waals surface area (Å²) in [6.07, 6.45) is 8.81. The lowest BCUT2D eigenvalue weighted by Gasteiger charge is -2.41. The normalized spacial score (nSPS) is 32.1. The van der Waals surface area contributed by atoms with Gasteiger partial charge in [-0.1, -0.05) is 11.6 Å². The fourth-order valence-electron chi connectivity index (χ4n) is 2.69. The molecule has 0 spiro atoms. The van der Waals surface area contributed by atoms with Crippen LogP contribution in [0.2, 0.25) is 0 Å². The average Bonchev–Trinajstić information content (AvgIpc) is 2.32. The molecule has 0 aliphatic carbocycles. The Hall–Kier alpha value is -1.15. The third-order valence-corrected chi connectivity index (χ3v) is 3.58. The van der Waals surface area contributed by atoms with Crippen LogP contribution < -0.4 is 0 Å². The molecule has 0 unspecified atom stereocenters. The van der Waals surface area contributed by atoms with Gasteiger partial charge in [0.05, 0.1) is 0 Å². The lowest BCUT2D eigenvalue weighted by atomic mass is 9.83. The number of pyridine rings is 1. The van der Waals surface area contributed by atoms with Crippen LogP contribution in [0.5, 0.6) is 0 Å². The highest BCUT2D eigenvalue weighted by Gasteiger charge is 2.28. The second-order valence-electron chi connectivity index (χ2n) is 4.55. The number of hydrogen-bond donors (Lipinski definition) is 0. The topological polar surface area (TPSA) is 16.1 Å². The molecule has 2 heteroatoms. The number of nitrogens with zero attached hydrogens (tertiary/aromatic N) is 2. The van der Waals surface area contributed by atoms with Crippen LogP contribution in [-0.2, 0) is 0 Å². The molecule has 2 bridgehead atoms. The maximum absolute atomic E-state index is 4.05. The number of piperidine rings is 3. The van der Waals surface area contributed by atoms with E-state index < -0.39 is 0 Å². The van der Waals surface area contributed by atoms with Gasteiger partial charge in [0, 0.05) is 18.9 Å². The fraction of sp³-hybridized carbons (Fsp3) is 0.462. The van der Waals surface area contributed by atoms with Gasteiger partial charge in [-0.3, -0.25) is 9.88 Å². The van der Waals surface area contributed by atoms with Crippen molar-refractivity contribution in [3.05, 3.63) is 35.7 Å². The highest BCUT2D eigenvalue weighted by molar-refractivity contribution is 5.53. The first-order valence-corrected chi connectivity index (χ1v) is 5.75. The van der Waals surface area contributed by atoms with E-state index in [0.29, 0.717) is 0 Å². The molecule has 2 nitrogen and oxygen atoms in total. The van der Waals surface area contributed by atoms with Gasteiger partial charge in [-0.25, -0.2) is 0 Å². The Balaban J connectivity index is 1.85. The Kier molecular flexibility index (Phi) is 2.29.